The Kier molecular flexibility index (Phi) is 6.93. The van der Waals surface area contributed by atoms with Crippen LogP contribution in [0.5, 0.6) is 5.75 Å². The first-order valence-corrected chi connectivity index (χ1v) is 9.28. The molecule has 2 saturated heterocycles. The molecule has 1 amide bonds. The lowest BCUT2D eigenvalue weighted by atomic mass is 10.3. The molecule has 3 rings (SSSR count). The molecule has 0 saturated carbocycles. The maximum atomic E-state index is 12.3. The molecule has 25 heavy (non-hydrogen) atoms. The molecule has 1 aromatic carbocycles. The molecular weight excluding hydrogens is 342 g/mol. The van der Waals surface area contributed by atoms with Crippen molar-refractivity contribution in [3.63, 3.8) is 0 Å². The summed E-state index contributed by atoms with van der Waals surface area (Å²) in [7, 11) is 0. The fourth-order valence-electron chi connectivity index (χ4n) is 3.12. The highest BCUT2D eigenvalue weighted by Gasteiger charge is 2.22. The normalized spacial score (nSPS) is 19.8. The van der Waals surface area contributed by atoms with E-state index in [4.69, 9.17) is 21.1 Å². The largest absolute Gasteiger partial charge is 0.491 e. The second kappa shape index (κ2) is 9.38. The molecule has 0 unspecified atom stereocenters. The van der Waals surface area contributed by atoms with Gasteiger partial charge in [-0.15, -0.1) is 0 Å². The van der Waals surface area contributed by atoms with Gasteiger partial charge in [0, 0.05) is 45.8 Å². The molecule has 0 N–H and O–H groups in total. The lowest BCUT2D eigenvalue weighted by Crippen LogP contribution is -2.52. The van der Waals surface area contributed by atoms with Gasteiger partial charge in [-0.2, -0.15) is 0 Å². The number of morpholine rings is 1. The van der Waals surface area contributed by atoms with E-state index < -0.39 is 0 Å². The van der Waals surface area contributed by atoms with Gasteiger partial charge in [0.2, 0.25) is 5.91 Å². The Labute approximate surface area is 154 Å². The number of piperazine rings is 1. The summed E-state index contributed by atoms with van der Waals surface area (Å²) in [6.45, 7) is 8.53. The summed E-state index contributed by atoms with van der Waals surface area (Å²) < 4.78 is 11.0. The number of benzene rings is 1. The first-order chi connectivity index (χ1) is 12.2. The van der Waals surface area contributed by atoms with Gasteiger partial charge in [-0.3, -0.25) is 14.6 Å². The molecule has 0 atom stereocenters. The van der Waals surface area contributed by atoms with Crippen molar-refractivity contribution in [1.82, 2.24) is 14.7 Å². The predicted octanol–water partition coefficient (Wildman–Crippen LogP) is 1.20. The minimum absolute atomic E-state index is 0.221. The number of halogens is 1. The average molecular weight is 368 g/mol. The van der Waals surface area contributed by atoms with Gasteiger partial charge in [0.1, 0.15) is 12.4 Å². The van der Waals surface area contributed by atoms with Crippen molar-refractivity contribution in [2.45, 2.75) is 0 Å². The highest BCUT2D eigenvalue weighted by molar-refractivity contribution is 6.32. The fourth-order valence-corrected chi connectivity index (χ4v) is 3.31. The van der Waals surface area contributed by atoms with Gasteiger partial charge in [0.15, 0.2) is 0 Å². The smallest absolute Gasteiger partial charge is 0.236 e. The number of hydrogen-bond donors (Lipinski definition) is 0. The average Bonchev–Trinajstić information content (AvgIpc) is 2.65. The lowest BCUT2D eigenvalue weighted by molar-refractivity contribution is -0.136. The Bertz CT molecular complexity index is 558. The van der Waals surface area contributed by atoms with Crippen molar-refractivity contribution in [3.8, 4) is 5.75 Å². The number of rotatable bonds is 6. The molecule has 0 aromatic heterocycles. The second-order valence-corrected chi connectivity index (χ2v) is 6.80. The molecule has 0 aliphatic carbocycles. The number of hydrogen-bond acceptors (Lipinski definition) is 5. The molecule has 0 spiro atoms. The van der Waals surface area contributed by atoms with Crippen molar-refractivity contribution < 1.29 is 14.3 Å². The van der Waals surface area contributed by atoms with Crippen LogP contribution >= 0.6 is 11.6 Å². The van der Waals surface area contributed by atoms with Gasteiger partial charge in [-0.05, 0) is 12.1 Å². The number of ether oxygens (including phenoxy) is 2. The Morgan fingerprint density at radius 3 is 2.44 bits per heavy atom. The summed E-state index contributed by atoms with van der Waals surface area (Å²) >= 11 is 6.09. The van der Waals surface area contributed by atoms with Crippen LogP contribution in [0.3, 0.4) is 0 Å². The molecule has 2 heterocycles. The van der Waals surface area contributed by atoms with Crippen LogP contribution in [0, 0.1) is 0 Å². The summed E-state index contributed by atoms with van der Waals surface area (Å²) in [6, 6.07) is 7.54. The van der Waals surface area contributed by atoms with Crippen molar-refractivity contribution in [3.05, 3.63) is 29.3 Å². The van der Waals surface area contributed by atoms with E-state index in [2.05, 4.69) is 9.80 Å². The third-order valence-corrected chi connectivity index (χ3v) is 5.00. The van der Waals surface area contributed by atoms with Crippen LogP contribution < -0.4 is 4.74 Å². The van der Waals surface area contributed by atoms with Crippen LogP contribution in [0.15, 0.2) is 24.3 Å². The van der Waals surface area contributed by atoms with E-state index in [0.717, 1.165) is 51.6 Å². The van der Waals surface area contributed by atoms with Crippen LogP contribution in [0.4, 0.5) is 0 Å². The van der Waals surface area contributed by atoms with Gasteiger partial charge < -0.3 is 14.4 Å². The minimum atomic E-state index is 0.221. The van der Waals surface area contributed by atoms with Crippen LogP contribution in [0.25, 0.3) is 0 Å². The molecular formula is C18H26ClN3O3. The highest BCUT2D eigenvalue weighted by Crippen LogP contribution is 2.22. The molecule has 2 aliphatic rings. The monoisotopic (exact) mass is 367 g/mol. The number of nitrogens with zero attached hydrogens (tertiary/aromatic N) is 3. The van der Waals surface area contributed by atoms with E-state index in [-0.39, 0.29) is 5.91 Å². The lowest BCUT2D eigenvalue weighted by Gasteiger charge is -2.35. The zero-order valence-electron chi connectivity index (χ0n) is 14.5. The number of amides is 1. The summed E-state index contributed by atoms with van der Waals surface area (Å²) in [5.74, 6) is 0.956. The molecule has 1 aromatic rings. The quantitative estimate of drug-likeness (QED) is 0.756. The number of carbonyl (C=O) groups is 1. The van der Waals surface area contributed by atoms with E-state index in [0.29, 0.717) is 31.4 Å². The Hall–Kier alpha value is -1.34. The maximum Gasteiger partial charge on any atom is 0.236 e. The van der Waals surface area contributed by atoms with Crippen LogP contribution in [0.1, 0.15) is 0 Å². The second-order valence-electron chi connectivity index (χ2n) is 6.39. The zero-order valence-corrected chi connectivity index (χ0v) is 15.3. The Balaban J connectivity index is 1.33. The van der Waals surface area contributed by atoms with Gasteiger partial charge >= 0.3 is 0 Å². The van der Waals surface area contributed by atoms with Crippen LogP contribution in [-0.2, 0) is 9.53 Å². The van der Waals surface area contributed by atoms with Crippen molar-refractivity contribution in [1.29, 1.82) is 0 Å². The Morgan fingerprint density at radius 1 is 1.04 bits per heavy atom. The van der Waals surface area contributed by atoms with Crippen molar-refractivity contribution in [2.75, 3.05) is 72.2 Å². The van der Waals surface area contributed by atoms with E-state index in [1.165, 1.54) is 0 Å². The van der Waals surface area contributed by atoms with Gasteiger partial charge in [0.05, 0.1) is 24.8 Å². The summed E-state index contributed by atoms with van der Waals surface area (Å²) in [6.07, 6.45) is 0. The van der Waals surface area contributed by atoms with Crippen molar-refractivity contribution in [2.24, 2.45) is 0 Å². The van der Waals surface area contributed by atoms with Crippen LogP contribution in [-0.4, -0.2) is 92.8 Å². The van der Waals surface area contributed by atoms with E-state index in [1.54, 1.807) is 0 Å². The standard InChI is InChI=1S/C18H26ClN3O3/c19-16-3-1-2-4-17(16)25-14-9-20-5-7-21(8-6-20)15-18(23)22-10-12-24-13-11-22/h1-4H,5-15H2. The molecule has 138 valence electrons. The summed E-state index contributed by atoms with van der Waals surface area (Å²) in [5.41, 5.74) is 0. The topological polar surface area (TPSA) is 45.2 Å². The molecule has 2 aliphatic heterocycles. The van der Waals surface area contributed by atoms with Gasteiger partial charge in [-0.1, -0.05) is 23.7 Å². The minimum Gasteiger partial charge on any atom is -0.491 e. The first-order valence-electron chi connectivity index (χ1n) is 8.90. The molecule has 0 radical (unpaired) electrons. The van der Waals surface area contributed by atoms with Crippen LogP contribution in [0.2, 0.25) is 5.02 Å². The highest BCUT2D eigenvalue weighted by atomic mass is 35.5. The zero-order chi connectivity index (χ0) is 17.5. The SMILES string of the molecule is O=C(CN1CCN(CCOc2ccccc2Cl)CC1)N1CCOCC1. The molecule has 0 bridgehead atoms. The first kappa shape index (κ1) is 18.5. The number of carbonyl (C=O) groups excluding carboxylic acids is 1. The summed E-state index contributed by atoms with van der Waals surface area (Å²) in [5, 5.41) is 0.647. The maximum absolute atomic E-state index is 12.3. The fraction of sp³-hybridized carbons (Fsp3) is 0.611. The third-order valence-electron chi connectivity index (χ3n) is 4.69. The summed E-state index contributed by atoms with van der Waals surface area (Å²) in [4.78, 5) is 18.8. The molecule has 7 heteroatoms. The third kappa shape index (κ3) is 5.57. The molecule has 2 fully saturated rings. The van der Waals surface area contributed by atoms with Gasteiger partial charge in [-0.25, -0.2) is 0 Å². The Morgan fingerprint density at radius 2 is 1.72 bits per heavy atom. The van der Waals surface area contributed by atoms with E-state index >= 15 is 0 Å². The van der Waals surface area contributed by atoms with E-state index in [9.17, 15) is 4.79 Å². The predicted molar refractivity (Wildman–Crippen MR) is 97.2 cm³/mol. The molecule has 6 nitrogen and oxygen atoms in total. The van der Waals surface area contributed by atoms with Gasteiger partial charge in [0.25, 0.3) is 0 Å². The van der Waals surface area contributed by atoms with Crippen molar-refractivity contribution >= 4 is 17.5 Å². The number of para-hydroxylation sites is 1. The van der Waals surface area contributed by atoms with E-state index in [1.807, 2.05) is 29.2 Å².